The van der Waals surface area contributed by atoms with Crippen molar-refractivity contribution in [2.75, 3.05) is 13.1 Å². The predicted molar refractivity (Wildman–Crippen MR) is 54.6 cm³/mol. The Balaban J connectivity index is 2.21. The summed E-state index contributed by atoms with van der Waals surface area (Å²) < 4.78 is 0. The second-order valence-electron chi connectivity index (χ2n) is 3.27. The van der Waals surface area contributed by atoms with E-state index >= 15 is 0 Å². The fraction of sp³-hybridized carbons (Fsp3) is 0.375. The fourth-order valence-electron chi connectivity index (χ4n) is 1.47. The van der Waals surface area contributed by atoms with E-state index in [4.69, 9.17) is 5.73 Å². The molecule has 0 aliphatic carbocycles. The van der Waals surface area contributed by atoms with Crippen LogP contribution in [0.25, 0.3) is 0 Å². The first-order chi connectivity index (χ1) is 7.15. The van der Waals surface area contributed by atoms with Gasteiger partial charge in [0.1, 0.15) is 0 Å². The molecule has 1 aliphatic heterocycles. The molecule has 2 rings (SSSR count). The van der Waals surface area contributed by atoms with Crippen LogP contribution < -0.4 is 17.0 Å². The molecule has 0 atom stereocenters. The minimum atomic E-state index is -0.507. The van der Waals surface area contributed by atoms with Crippen LogP contribution in [-0.2, 0) is 6.54 Å². The van der Waals surface area contributed by atoms with Crippen LogP contribution in [0.15, 0.2) is 20.6 Å². The lowest BCUT2D eigenvalue weighted by Gasteiger charge is -2.16. The molecule has 2 heterocycles. The van der Waals surface area contributed by atoms with Crippen molar-refractivity contribution in [1.82, 2.24) is 14.9 Å². The van der Waals surface area contributed by atoms with Crippen LogP contribution in [0.3, 0.4) is 0 Å². The van der Waals surface area contributed by atoms with E-state index in [0.717, 1.165) is 0 Å². The normalized spacial score (nSPS) is 15.5. The molecule has 80 valence electrons. The lowest BCUT2D eigenvalue weighted by atomic mass is 10.3. The van der Waals surface area contributed by atoms with E-state index in [1.165, 1.54) is 6.07 Å². The van der Waals surface area contributed by atoms with Crippen molar-refractivity contribution in [3.05, 3.63) is 32.6 Å². The SMILES string of the molecule is NC1=NCCN1Cc1cc(=O)[nH]c(=O)[nH]1. The van der Waals surface area contributed by atoms with E-state index in [0.29, 0.717) is 31.3 Å². The summed E-state index contributed by atoms with van der Waals surface area (Å²) in [6.07, 6.45) is 0. The van der Waals surface area contributed by atoms with Gasteiger partial charge in [0.15, 0.2) is 5.96 Å². The Labute approximate surface area is 84.6 Å². The zero-order valence-corrected chi connectivity index (χ0v) is 7.99. The molecular weight excluding hydrogens is 198 g/mol. The molecule has 1 aromatic heterocycles. The van der Waals surface area contributed by atoms with Gasteiger partial charge < -0.3 is 15.6 Å². The quantitative estimate of drug-likeness (QED) is 0.533. The standard InChI is InChI=1S/C8H11N5O2/c9-7-10-1-2-13(7)4-5-3-6(14)12-8(15)11-5/h3H,1-2,4H2,(H2,9,10)(H2,11,12,14,15). The highest BCUT2D eigenvalue weighted by molar-refractivity contribution is 5.79. The number of guanidine groups is 1. The molecule has 0 fully saturated rings. The average molecular weight is 209 g/mol. The number of aromatic nitrogens is 2. The van der Waals surface area contributed by atoms with Crippen molar-refractivity contribution in [3.63, 3.8) is 0 Å². The Bertz CT molecular complexity index is 472. The van der Waals surface area contributed by atoms with Crippen LogP contribution >= 0.6 is 0 Å². The number of nitrogens with zero attached hydrogens (tertiary/aromatic N) is 2. The van der Waals surface area contributed by atoms with Gasteiger partial charge in [-0.2, -0.15) is 0 Å². The maximum Gasteiger partial charge on any atom is 0.325 e. The van der Waals surface area contributed by atoms with Gasteiger partial charge in [0.2, 0.25) is 0 Å². The summed E-state index contributed by atoms with van der Waals surface area (Å²) in [4.78, 5) is 32.4. The number of H-pyrrole nitrogens is 2. The maximum atomic E-state index is 11.0. The number of nitrogens with one attached hydrogen (secondary N) is 2. The van der Waals surface area contributed by atoms with Gasteiger partial charge in [-0.3, -0.25) is 14.8 Å². The summed E-state index contributed by atoms with van der Waals surface area (Å²) in [5.74, 6) is 0.441. The average Bonchev–Trinajstić information content (AvgIpc) is 2.50. The van der Waals surface area contributed by atoms with Gasteiger partial charge in [-0.25, -0.2) is 4.79 Å². The second-order valence-corrected chi connectivity index (χ2v) is 3.27. The number of nitrogens with two attached hydrogens (primary N) is 1. The molecule has 0 aromatic carbocycles. The molecular formula is C8H11N5O2. The number of hydrogen-bond acceptors (Lipinski definition) is 5. The lowest BCUT2D eigenvalue weighted by Crippen LogP contribution is -2.35. The van der Waals surface area contributed by atoms with E-state index in [1.54, 1.807) is 4.90 Å². The highest BCUT2D eigenvalue weighted by Crippen LogP contribution is 2.02. The molecule has 1 aromatic rings. The van der Waals surface area contributed by atoms with Gasteiger partial charge >= 0.3 is 5.69 Å². The molecule has 0 spiro atoms. The van der Waals surface area contributed by atoms with E-state index in [1.807, 2.05) is 0 Å². The lowest BCUT2D eigenvalue weighted by molar-refractivity contribution is 0.440. The van der Waals surface area contributed by atoms with Crippen LogP contribution in [-0.4, -0.2) is 33.9 Å². The van der Waals surface area contributed by atoms with Crippen LogP contribution in [0, 0.1) is 0 Å². The number of aliphatic imine (C=N–C) groups is 1. The Morgan fingerprint density at radius 1 is 1.47 bits per heavy atom. The number of aromatic amines is 2. The fourth-order valence-corrected chi connectivity index (χ4v) is 1.47. The van der Waals surface area contributed by atoms with Crippen molar-refractivity contribution in [2.24, 2.45) is 10.7 Å². The summed E-state index contributed by atoms with van der Waals surface area (Å²) >= 11 is 0. The molecule has 0 radical (unpaired) electrons. The first-order valence-electron chi connectivity index (χ1n) is 4.52. The van der Waals surface area contributed by atoms with Crippen LogP contribution in [0.1, 0.15) is 5.69 Å². The highest BCUT2D eigenvalue weighted by atomic mass is 16.2. The molecule has 15 heavy (non-hydrogen) atoms. The van der Waals surface area contributed by atoms with Crippen molar-refractivity contribution >= 4 is 5.96 Å². The third-order valence-corrected chi connectivity index (χ3v) is 2.15. The van der Waals surface area contributed by atoms with E-state index in [-0.39, 0.29) is 0 Å². The molecule has 4 N–H and O–H groups in total. The summed E-state index contributed by atoms with van der Waals surface area (Å²) in [5, 5.41) is 0. The topological polar surface area (TPSA) is 107 Å². The summed E-state index contributed by atoms with van der Waals surface area (Å²) in [6, 6.07) is 1.34. The third kappa shape index (κ3) is 2.06. The molecule has 0 amide bonds. The van der Waals surface area contributed by atoms with Gasteiger partial charge in [0.05, 0.1) is 13.1 Å². The summed E-state index contributed by atoms with van der Waals surface area (Å²) in [5.41, 5.74) is 5.21. The van der Waals surface area contributed by atoms with Gasteiger partial charge in [-0.05, 0) is 0 Å². The van der Waals surface area contributed by atoms with Gasteiger partial charge in [0, 0.05) is 18.3 Å². The van der Waals surface area contributed by atoms with Gasteiger partial charge in [-0.1, -0.05) is 0 Å². The van der Waals surface area contributed by atoms with Crippen molar-refractivity contribution in [1.29, 1.82) is 0 Å². The Morgan fingerprint density at radius 2 is 2.27 bits per heavy atom. The summed E-state index contributed by atoms with van der Waals surface area (Å²) in [6.45, 7) is 1.76. The zero-order chi connectivity index (χ0) is 10.8. The Morgan fingerprint density at radius 3 is 2.87 bits per heavy atom. The van der Waals surface area contributed by atoms with Crippen LogP contribution in [0.5, 0.6) is 0 Å². The van der Waals surface area contributed by atoms with E-state index in [2.05, 4.69) is 15.0 Å². The van der Waals surface area contributed by atoms with Crippen LogP contribution in [0.2, 0.25) is 0 Å². The minimum Gasteiger partial charge on any atom is -0.370 e. The Hall–Kier alpha value is -2.05. The van der Waals surface area contributed by atoms with Crippen molar-refractivity contribution in [3.8, 4) is 0 Å². The van der Waals surface area contributed by atoms with Gasteiger partial charge in [-0.15, -0.1) is 0 Å². The first-order valence-corrected chi connectivity index (χ1v) is 4.52. The number of hydrogen-bond donors (Lipinski definition) is 3. The van der Waals surface area contributed by atoms with Gasteiger partial charge in [0.25, 0.3) is 5.56 Å². The van der Waals surface area contributed by atoms with Crippen molar-refractivity contribution in [2.45, 2.75) is 6.54 Å². The minimum absolute atomic E-state index is 0.397. The largest absolute Gasteiger partial charge is 0.370 e. The maximum absolute atomic E-state index is 11.0. The molecule has 0 saturated carbocycles. The second kappa shape index (κ2) is 3.60. The zero-order valence-electron chi connectivity index (χ0n) is 7.99. The first kappa shape index (κ1) is 9.50. The van der Waals surface area contributed by atoms with Crippen molar-refractivity contribution < 1.29 is 0 Å². The predicted octanol–water partition coefficient (Wildman–Crippen LogP) is -1.81. The highest BCUT2D eigenvalue weighted by Gasteiger charge is 2.14. The molecule has 0 bridgehead atoms. The molecule has 7 nitrogen and oxygen atoms in total. The van der Waals surface area contributed by atoms with E-state index in [9.17, 15) is 9.59 Å². The monoisotopic (exact) mass is 209 g/mol. The van der Waals surface area contributed by atoms with Crippen LogP contribution in [0.4, 0.5) is 0 Å². The smallest absolute Gasteiger partial charge is 0.325 e. The molecule has 7 heteroatoms. The molecule has 0 unspecified atom stereocenters. The molecule has 1 aliphatic rings. The number of rotatable bonds is 2. The third-order valence-electron chi connectivity index (χ3n) is 2.15. The molecule has 0 saturated heterocycles. The Kier molecular flexibility index (Phi) is 2.28. The summed E-state index contributed by atoms with van der Waals surface area (Å²) in [7, 11) is 0. The van der Waals surface area contributed by atoms with E-state index < -0.39 is 11.2 Å².